The summed E-state index contributed by atoms with van der Waals surface area (Å²) in [5, 5.41) is 11.1. The molecular formula is C25H24F2N6O. The highest BCUT2D eigenvalue weighted by atomic mass is 19.2. The molecule has 1 aliphatic rings. The minimum absolute atomic E-state index is 0.361. The molecule has 1 saturated heterocycles. The van der Waals surface area contributed by atoms with E-state index in [1.807, 2.05) is 42.7 Å². The Bertz CT molecular complexity index is 1330. The Balaban J connectivity index is 1.43. The molecule has 4 aromatic rings. The first kappa shape index (κ1) is 22.1. The van der Waals surface area contributed by atoms with Crippen LogP contribution in [0.5, 0.6) is 0 Å². The van der Waals surface area contributed by atoms with E-state index >= 15 is 0 Å². The van der Waals surface area contributed by atoms with Crippen LogP contribution >= 0.6 is 0 Å². The van der Waals surface area contributed by atoms with Crippen molar-refractivity contribution in [3.8, 4) is 17.3 Å². The quantitative estimate of drug-likeness (QED) is 0.492. The van der Waals surface area contributed by atoms with Crippen molar-refractivity contribution in [2.24, 2.45) is 0 Å². The predicted molar refractivity (Wildman–Crippen MR) is 124 cm³/mol. The van der Waals surface area contributed by atoms with Crippen LogP contribution in [0.3, 0.4) is 0 Å². The minimum atomic E-state index is -1.22. The molecule has 0 aliphatic carbocycles. The lowest BCUT2D eigenvalue weighted by atomic mass is 9.84. The predicted octanol–water partition coefficient (Wildman–Crippen LogP) is 4.11. The number of piperidine rings is 1. The zero-order chi connectivity index (χ0) is 23.9. The Morgan fingerprint density at radius 1 is 0.912 bits per heavy atom. The van der Waals surface area contributed by atoms with Crippen LogP contribution in [-0.2, 0) is 5.60 Å². The summed E-state index contributed by atoms with van der Waals surface area (Å²) in [6, 6.07) is 11.2. The van der Waals surface area contributed by atoms with E-state index in [-0.39, 0.29) is 0 Å². The van der Waals surface area contributed by atoms with Gasteiger partial charge < -0.3 is 10.0 Å². The van der Waals surface area contributed by atoms with Crippen molar-refractivity contribution in [3.05, 3.63) is 83.6 Å². The van der Waals surface area contributed by atoms with Crippen LogP contribution in [0.1, 0.15) is 29.9 Å². The van der Waals surface area contributed by atoms with Crippen LogP contribution in [0.2, 0.25) is 0 Å². The summed E-state index contributed by atoms with van der Waals surface area (Å²) >= 11 is 0. The molecular weight excluding hydrogens is 438 g/mol. The van der Waals surface area contributed by atoms with E-state index in [0.29, 0.717) is 49.0 Å². The van der Waals surface area contributed by atoms with E-state index < -0.39 is 17.2 Å². The van der Waals surface area contributed by atoms with Gasteiger partial charge >= 0.3 is 0 Å². The molecule has 1 aliphatic heterocycles. The second kappa shape index (κ2) is 8.57. The summed E-state index contributed by atoms with van der Waals surface area (Å²) in [6.45, 7) is 4.80. The number of aliphatic hydroxyl groups is 1. The van der Waals surface area contributed by atoms with Gasteiger partial charge in [0.05, 0.1) is 5.60 Å². The maximum Gasteiger partial charge on any atom is 0.164 e. The first-order valence-electron chi connectivity index (χ1n) is 11.1. The molecule has 9 heteroatoms. The van der Waals surface area contributed by atoms with Gasteiger partial charge in [-0.1, -0.05) is 12.1 Å². The molecule has 0 unspecified atom stereocenters. The largest absolute Gasteiger partial charge is 0.385 e. The Morgan fingerprint density at radius 3 is 2.38 bits per heavy atom. The number of pyridine rings is 1. The SMILES string of the molecule is Cc1nc(N2CCC(O)(c3ccc(F)c(F)c3)CC2)cc(-n2c(C)cnc2-c2ccccn2)n1. The second-order valence-corrected chi connectivity index (χ2v) is 8.55. The highest BCUT2D eigenvalue weighted by Crippen LogP contribution is 2.35. The molecule has 0 atom stereocenters. The molecule has 34 heavy (non-hydrogen) atoms. The number of imidazole rings is 1. The molecule has 0 radical (unpaired) electrons. The number of halogens is 2. The highest BCUT2D eigenvalue weighted by molar-refractivity contribution is 5.56. The molecule has 1 aromatic carbocycles. The van der Waals surface area contributed by atoms with Gasteiger partial charge in [-0.2, -0.15) is 0 Å². The molecule has 1 N–H and O–H groups in total. The van der Waals surface area contributed by atoms with Gasteiger partial charge in [0.25, 0.3) is 0 Å². The van der Waals surface area contributed by atoms with Crippen molar-refractivity contribution >= 4 is 5.82 Å². The van der Waals surface area contributed by atoms with E-state index in [9.17, 15) is 13.9 Å². The number of rotatable bonds is 4. The van der Waals surface area contributed by atoms with E-state index in [1.165, 1.54) is 6.07 Å². The molecule has 3 aromatic heterocycles. The first-order valence-corrected chi connectivity index (χ1v) is 11.1. The lowest BCUT2D eigenvalue weighted by Crippen LogP contribution is -2.43. The summed E-state index contributed by atoms with van der Waals surface area (Å²) in [4.78, 5) is 20.3. The Hall–Kier alpha value is -3.72. The minimum Gasteiger partial charge on any atom is -0.385 e. The van der Waals surface area contributed by atoms with Crippen LogP contribution in [0.15, 0.2) is 54.9 Å². The summed E-state index contributed by atoms with van der Waals surface area (Å²) < 4.78 is 29.0. The maximum atomic E-state index is 13.7. The van der Waals surface area contributed by atoms with Crippen LogP contribution in [0.25, 0.3) is 17.3 Å². The second-order valence-electron chi connectivity index (χ2n) is 8.55. The van der Waals surface area contributed by atoms with E-state index in [0.717, 1.165) is 29.3 Å². The first-order chi connectivity index (χ1) is 16.3. The van der Waals surface area contributed by atoms with Crippen molar-refractivity contribution in [2.45, 2.75) is 32.3 Å². The summed E-state index contributed by atoms with van der Waals surface area (Å²) in [5.41, 5.74) is 0.821. The molecule has 0 saturated carbocycles. The maximum absolute atomic E-state index is 13.7. The monoisotopic (exact) mass is 462 g/mol. The number of aryl methyl sites for hydroxylation is 2. The lowest BCUT2D eigenvalue weighted by molar-refractivity contribution is 0.0113. The number of hydrogen-bond acceptors (Lipinski definition) is 6. The number of nitrogens with zero attached hydrogens (tertiary/aromatic N) is 6. The zero-order valence-corrected chi connectivity index (χ0v) is 18.9. The van der Waals surface area contributed by atoms with Crippen LogP contribution < -0.4 is 4.90 Å². The molecule has 4 heterocycles. The average Bonchev–Trinajstić information content (AvgIpc) is 3.23. The number of hydrogen-bond donors (Lipinski definition) is 1. The number of aromatic nitrogens is 5. The van der Waals surface area contributed by atoms with Crippen LogP contribution in [-0.4, -0.2) is 42.7 Å². The van der Waals surface area contributed by atoms with Gasteiger partial charge in [-0.05, 0) is 56.5 Å². The molecule has 5 rings (SSSR count). The van der Waals surface area contributed by atoms with E-state index in [1.54, 1.807) is 12.4 Å². The lowest BCUT2D eigenvalue weighted by Gasteiger charge is -2.39. The van der Waals surface area contributed by atoms with Gasteiger partial charge in [-0.3, -0.25) is 9.55 Å². The fourth-order valence-electron chi connectivity index (χ4n) is 4.40. The van der Waals surface area contributed by atoms with Gasteiger partial charge in [0, 0.05) is 37.2 Å². The van der Waals surface area contributed by atoms with Crippen molar-refractivity contribution < 1.29 is 13.9 Å². The fraction of sp³-hybridized carbons (Fsp3) is 0.280. The van der Waals surface area contributed by atoms with Gasteiger partial charge in [-0.15, -0.1) is 0 Å². The topological polar surface area (TPSA) is 80.0 Å². The molecule has 0 spiro atoms. The molecule has 0 bridgehead atoms. The molecule has 7 nitrogen and oxygen atoms in total. The normalized spacial score (nSPS) is 15.5. The van der Waals surface area contributed by atoms with E-state index in [2.05, 4.69) is 24.8 Å². The van der Waals surface area contributed by atoms with Gasteiger partial charge in [0.1, 0.15) is 23.2 Å². The van der Waals surface area contributed by atoms with E-state index in [4.69, 9.17) is 0 Å². The van der Waals surface area contributed by atoms with Crippen molar-refractivity contribution in [3.63, 3.8) is 0 Å². The standard InChI is InChI=1S/C25H24F2N6O/c1-16-15-29-24(21-5-3-4-10-28-21)33(16)23-14-22(30-17(2)31-23)32-11-8-25(34,9-12-32)18-6-7-19(26)20(27)13-18/h3-7,10,13-15,34H,8-9,11-12H2,1-2H3. The Kier molecular flexibility index (Phi) is 5.57. The Morgan fingerprint density at radius 2 is 1.68 bits per heavy atom. The molecule has 0 amide bonds. The third kappa shape index (κ3) is 4.03. The number of benzene rings is 1. The van der Waals surface area contributed by atoms with Gasteiger partial charge in [-0.25, -0.2) is 23.7 Å². The van der Waals surface area contributed by atoms with Crippen molar-refractivity contribution in [1.82, 2.24) is 24.5 Å². The smallest absolute Gasteiger partial charge is 0.164 e. The number of anilines is 1. The summed E-state index contributed by atoms with van der Waals surface area (Å²) in [6.07, 6.45) is 4.23. The third-order valence-electron chi connectivity index (χ3n) is 6.24. The van der Waals surface area contributed by atoms with Crippen LogP contribution in [0.4, 0.5) is 14.6 Å². The highest BCUT2D eigenvalue weighted by Gasteiger charge is 2.35. The third-order valence-corrected chi connectivity index (χ3v) is 6.24. The Labute approximate surface area is 195 Å². The van der Waals surface area contributed by atoms with Crippen LogP contribution in [0, 0.1) is 25.5 Å². The van der Waals surface area contributed by atoms with Crippen molar-refractivity contribution in [2.75, 3.05) is 18.0 Å². The van der Waals surface area contributed by atoms with Gasteiger partial charge in [0.2, 0.25) is 0 Å². The zero-order valence-electron chi connectivity index (χ0n) is 18.9. The average molecular weight is 463 g/mol. The fourth-order valence-corrected chi connectivity index (χ4v) is 4.40. The molecule has 174 valence electrons. The van der Waals surface area contributed by atoms with Crippen molar-refractivity contribution in [1.29, 1.82) is 0 Å². The summed E-state index contributed by atoms with van der Waals surface area (Å²) in [7, 11) is 0. The summed E-state index contributed by atoms with van der Waals surface area (Å²) in [5.74, 6) is 0.828. The van der Waals surface area contributed by atoms with Gasteiger partial charge in [0.15, 0.2) is 17.5 Å². The molecule has 1 fully saturated rings.